The van der Waals surface area contributed by atoms with E-state index < -0.39 is 27.3 Å². The van der Waals surface area contributed by atoms with Gasteiger partial charge < -0.3 is 5.11 Å². The fourth-order valence-electron chi connectivity index (χ4n) is 3.21. The third kappa shape index (κ3) is 5.37. The van der Waals surface area contributed by atoms with Gasteiger partial charge in [-0.15, -0.1) is 11.3 Å². The third-order valence-corrected chi connectivity index (χ3v) is 7.82. The second-order valence-electron chi connectivity index (χ2n) is 8.17. The average molecular weight is 478 g/mol. The number of hydrogen-bond acceptors (Lipinski definition) is 7. The van der Waals surface area contributed by atoms with Crippen molar-refractivity contribution in [3.05, 3.63) is 64.7 Å². The number of carbonyl (C=O) groups is 1. The molecule has 1 aromatic carbocycles. The Bertz CT molecular complexity index is 1230. The Morgan fingerprint density at radius 2 is 2.00 bits per heavy atom. The molecule has 0 aliphatic rings. The monoisotopic (exact) mass is 477 g/mol. The van der Waals surface area contributed by atoms with Gasteiger partial charge in [0.15, 0.2) is 0 Å². The van der Waals surface area contributed by atoms with E-state index in [1.54, 1.807) is 24.5 Å². The van der Waals surface area contributed by atoms with E-state index in [0.29, 0.717) is 27.1 Å². The lowest BCUT2D eigenvalue weighted by molar-refractivity contribution is -0.118. The fourth-order valence-corrected chi connectivity index (χ4v) is 5.34. The van der Waals surface area contributed by atoms with Crippen molar-refractivity contribution in [3.8, 4) is 11.1 Å². The normalized spacial score (nSPS) is 12.2. The summed E-state index contributed by atoms with van der Waals surface area (Å²) in [6, 6.07) is 6.12. The topological polar surface area (TPSA) is 109 Å². The van der Waals surface area contributed by atoms with Crippen LogP contribution in [0.25, 0.3) is 11.1 Å². The molecule has 0 aliphatic carbocycles. The van der Waals surface area contributed by atoms with Crippen LogP contribution in [0, 0.1) is 5.82 Å². The lowest BCUT2D eigenvalue weighted by atomic mass is 9.88. The summed E-state index contributed by atoms with van der Waals surface area (Å²) in [4.78, 5) is 21.0. The van der Waals surface area contributed by atoms with Crippen LogP contribution in [0.3, 0.4) is 0 Å². The molecule has 0 spiro atoms. The molecule has 7 nitrogen and oxygen atoms in total. The van der Waals surface area contributed by atoms with Crippen molar-refractivity contribution in [1.82, 2.24) is 14.7 Å². The first-order valence-corrected chi connectivity index (χ1v) is 12.2. The predicted molar refractivity (Wildman–Crippen MR) is 120 cm³/mol. The number of rotatable bonds is 7. The summed E-state index contributed by atoms with van der Waals surface area (Å²) in [6.45, 7) is 6.76. The zero-order chi connectivity index (χ0) is 23.7. The molecule has 0 saturated carbocycles. The van der Waals surface area contributed by atoms with Crippen LogP contribution in [0.15, 0.2) is 47.2 Å². The molecule has 0 saturated heterocycles. The molecule has 170 valence electrons. The van der Waals surface area contributed by atoms with Gasteiger partial charge in [0.2, 0.25) is 10.2 Å². The number of benzene rings is 1. The van der Waals surface area contributed by atoms with Gasteiger partial charge in [0.1, 0.15) is 5.82 Å². The van der Waals surface area contributed by atoms with Crippen LogP contribution in [0.4, 0.5) is 4.39 Å². The van der Waals surface area contributed by atoms with E-state index in [2.05, 4.69) is 9.97 Å². The standard InChI is InChI=1S/C22H24FN3O4S2/c1-13(2)16-8-15(23)9-17(14-6-5-7-24-11-14)18(16)10-20(27)26-32(29,30)21-25-12-19(31-21)22(3,4)28/h5-9,11-13,28H,10H2,1-4H3,(H,26,27). The van der Waals surface area contributed by atoms with E-state index in [1.807, 2.05) is 18.6 Å². The lowest BCUT2D eigenvalue weighted by Gasteiger charge is -2.18. The minimum atomic E-state index is -4.23. The van der Waals surface area contributed by atoms with E-state index in [9.17, 15) is 22.7 Å². The molecule has 0 fully saturated rings. The Morgan fingerprint density at radius 3 is 2.56 bits per heavy atom. The number of aliphatic hydroxyl groups is 1. The van der Waals surface area contributed by atoms with Crippen molar-refractivity contribution in [3.63, 3.8) is 0 Å². The first-order valence-electron chi connectivity index (χ1n) is 9.85. The van der Waals surface area contributed by atoms with Crippen LogP contribution >= 0.6 is 11.3 Å². The van der Waals surface area contributed by atoms with Gasteiger partial charge in [-0.1, -0.05) is 19.9 Å². The Labute approximate surface area is 190 Å². The van der Waals surface area contributed by atoms with E-state index in [-0.39, 0.29) is 16.7 Å². The van der Waals surface area contributed by atoms with E-state index >= 15 is 0 Å². The number of nitrogens with one attached hydrogen (secondary N) is 1. The molecular weight excluding hydrogens is 453 g/mol. The minimum absolute atomic E-state index is 0.103. The Kier molecular flexibility index (Phi) is 6.77. The van der Waals surface area contributed by atoms with Crippen molar-refractivity contribution in [2.75, 3.05) is 0 Å². The van der Waals surface area contributed by atoms with Crippen LogP contribution in [0.2, 0.25) is 0 Å². The van der Waals surface area contributed by atoms with Gasteiger partial charge in [0.05, 0.1) is 16.9 Å². The summed E-state index contributed by atoms with van der Waals surface area (Å²) in [5.41, 5.74) is 0.976. The second kappa shape index (κ2) is 9.05. The SMILES string of the molecule is CC(C)c1cc(F)cc(-c2cccnc2)c1CC(=O)NS(=O)(=O)c1ncc(C(C)(C)O)s1. The fraction of sp³-hybridized carbons (Fsp3) is 0.318. The molecule has 0 aliphatic heterocycles. The Balaban J connectivity index is 1.94. The molecule has 3 aromatic rings. The summed E-state index contributed by atoms with van der Waals surface area (Å²) >= 11 is 0.783. The quantitative estimate of drug-likeness (QED) is 0.537. The average Bonchev–Trinajstić information content (AvgIpc) is 3.21. The van der Waals surface area contributed by atoms with E-state index in [0.717, 1.165) is 11.3 Å². The van der Waals surface area contributed by atoms with E-state index in [1.165, 1.54) is 32.2 Å². The number of aromatic nitrogens is 2. The Hall–Kier alpha value is -2.69. The van der Waals surface area contributed by atoms with Crippen LogP contribution in [-0.2, 0) is 26.8 Å². The summed E-state index contributed by atoms with van der Waals surface area (Å²) in [6.07, 6.45) is 4.13. The van der Waals surface area contributed by atoms with Gasteiger partial charge in [-0.2, -0.15) is 8.42 Å². The third-order valence-electron chi connectivity index (χ3n) is 4.75. The number of thiazole rings is 1. The summed E-state index contributed by atoms with van der Waals surface area (Å²) in [7, 11) is -4.23. The van der Waals surface area contributed by atoms with E-state index in [4.69, 9.17) is 0 Å². The van der Waals surface area contributed by atoms with Crippen molar-refractivity contribution >= 4 is 27.3 Å². The summed E-state index contributed by atoms with van der Waals surface area (Å²) in [5.74, 6) is -1.33. The highest BCUT2D eigenvalue weighted by Crippen LogP contribution is 2.32. The number of hydrogen-bond donors (Lipinski definition) is 2. The van der Waals surface area contributed by atoms with Crippen LogP contribution in [0.1, 0.15) is 49.6 Å². The van der Waals surface area contributed by atoms with Gasteiger partial charge in [0.25, 0.3) is 10.0 Å². The maximum atomic E-state index is 14.3. The summed E-state index contributed by atoms with van der Waals surface area (Å²) < 4.78 is 41.4. The lowest BCUT2D eigenvalue weighted by Crippen LogP contribution is -2.32. The van der Waals surface area contributed by atoms with Crippen molar-refractivity contribution < 1.29 is 22.7 Å². The van der Waals surface area contributed by atoms with Gasteiger partial charge in [-0.05, 0) is 54.7 Å². The molecule has 2 N–H and O–H groups in total. The molecule has 2 heterocycles. The number of halogens is 1. The molecule has 0 bridgehead atoms. The first-order chi connectivity index (χ1) is 14.9. The zero-order valence-corrected chi connectivity index (χ0v) is 19.7. The highest BCUT2D eigenvalue weighted by atomic mass is 32.2. The Morgan fingerprint density at radius 1 is 1.28 bits per heavy atom. The molecular formula is C22H24FN3O4S2. The maximum absolute atomic E-state index is 14.3. The highest BCUT2D eigenvalue weighted by molar-refractivity contribution is 7.92. The van der Waals surface area contributed by atoms with Gasteiger partial charge in [0, 0.05) is 24.2 Å². The van der Waals surface area contributed by atoms with Crippen LogP contribution < -0.4 is 4.72 Å². The number of pyridine rings is 1. The molecule has 0 atom stereocenters. The molecule has 0 unspecified atom stereocenters. The summed E-state index contributed by atoms with van der Waals surface area (Å²) in [5, 5.41) is 10.0. The predicted octanol–water partition coefficient (Wildman–Crippen LogP) is 3.74. The van der Waals surface area contributed by atoms with Crippen LogP contribution in [-0.4, -0.2) is 29.4 Å². The minimum Gasteiger partial charge on any atom is -0.385 e. The highest BCUT2D eigenvalue weighted by Gasteiger charge is 2.27. The smallest absolute Gasteiger partial charge is 0.291 e. The number of carbonyl (C=O) groups excluding carboxylic acids is 1. The molecule has 32 heavy (non-hydrogen) atoms. The van der Waals surface area contributed by atoms with Crippen molar-refractivity contribution in [2.45, 2.75) is 50.0 Å². The zero-order valence-electron chi connectivity index (χ0n) is 18.1. The largest absolute Gasteiger partial charge is 0.385 e. The maximum Gasteiger partial charge on any atom is 0.291 e. The number of amides is 1. The van der Waals surface area contributed by atoms with Crippen LogP contribution in [0.5, 0.6) is 0 Å². The van der Waals surface area contributed by atoms with Crippen molar-refractivity contribution in [2.24, 2.45) is 0 Å². The van der Waals surface area contributed by atoms with Gasteiger partial charge in [-0.3, -0.25) is 9.78 Å². The molecule has 10 heteroatoms. The number of nitrogens with zero attached hydrogens (tertiary/aromatic N) is 2. The van der Waals surface area contributed by atoms with Gasteiger partial charge >= 0.3 is 0 Å². The first kappa shape index (κ1) is 24.0. The molecule has 3 rings (SSSR count). The molecule has 1 amide bonds. The van der Waals surface area contributed by atoms with Crippen molar-refractivity contribution in [1.29, 1.82) is 0 Å². The van der Waals surface area contributed by atoms with Gasteiger partial charge in [-0.25, -0.2) is 14.1 Å². The molecule has 2 aromatic heterocycles. The molecule has 0 radical (unpaired) electrons. The second-order valence-corrected chi connectivity index (χ2v) is 11.1. The number of sulfonamides is 1.